The van der Waals surface area contributed by atoms with Crippen LogP contribution in [0.5, 0.6) is 0 Å². The van der Waals surface area contributed by atoms with Gasteiger partial charge in [0.05, 0.1) is 15.6 Å². The molecule has 1 aromatic heterocycles. The van der Waals surface area contributed by atoms with Gasteiger partial charge in [0.2, 0.25) is 5.91 Å². The van der Waals surface area contributed by atoms with Gasteiger partial charge in [-0.2, -0.15) is 13.2 Å². The van der Waals surface area contributed by atoms with Crippen molar-refractivity contribution in [2.45, 2.75) is 25.6 Å². The van der Waals surface area contributed by atoms with E-state index in [9.17, 15) is 22.8 Å². The summed E-state index contributed by atoms with van der Waals surface area (Å²) in [5, 5.41) is 1.80. The summed E-state index contributed by atoms with van der Waals surface area (Å²) < 4.78 is 44.3. The van der Waals surface area contributed by atoms with Gasteiger partial charge in [0.1, 0.15) is 6.54 Å². The monoisotopic (exact) mass is 619 g/mol. The molecule has 3 aromatic carbocycles. The van der Waals surface area contributed by atoms with E-state index in [1.165, 1.54) is 12.0 Å². The van der Waals surface area contributed by atoms with Crippen molar-refractivity contribution in [3.63, 3.8) is 0 Å². The number of hydrogen-bond donors (Lipinski definition) is 1. The Morgan fingerprint density at radius 3 is 2.36 bits per heavy atom. The van der Waals surface area contributed by atoms with Crippen LogP contribution >= 0.6 is 23.2 Å². The van der Waals surface area contributed by atoms with Crippen molar-refractivity contribution in [3.05, 3.63) is 105 Å². The fraction of sp³-hybridized carbons (Fsp3) is 0.290. The summed E-state index contributed by atoms with van der Waals surface area (Å²) in [5.41, 5.74) is 1.99. The number of nitrogens with one attached hydrogen (secondary N) is 1. The van der Waals surface area contributed by atoms with Crippen molar-refractivity contribution >= 4 is 45.9 Å². The second-order valence-electron chi connectivity index (χ2n) is 9.82. The summed E-state index contributed by atoms with van der Waals surface area (Å²) in [6.07, 6.45) is -1.62. The first kappa shape index (κ1) is 31.4. The van der Waals surface area contributed by atoms with Gasteiger partial charge in [-0.25, -0.2) is 0 Å². The Kier molecular flexibility index (Phi) is 10.5. The molecular formula is C31H30Cl2F3N3O3. The maximum atomic E-state index is 13.8. The Morgan fingerprint density at radius 2 is 1.67 bits per heavy atom. The number of fused-ring (bicyclic) bond motifs is 1. The number of H-pyrrole nitrogens is 1. The van der Waals surface area contributed by atoms with Gasteiger partial charge in [-0.3, -0.25) is 9.59 Å². The van der Waals surface area contributed by atoms with Crippen LogP contribution in [0.1, 0.15) is 33.5 Å². The summed E-state index contributed by atoms with van der Waals surface area (Å²) in [6, 6.07) is 17.0. The molecule has 11 heteroatoms. The second kappa shape index (κ2) is 14.1. The van der Waals surface area contributed by atoms with Crippen molar-refractivity contribution in [1.29, 1.82) is 0 Å². The smallest absolute Gasteiger partial charge is 0.385 e. The molecule has 0 fully saturated rings. The summed E-state index contributed by atoms with van der Waals surface area (Å²) in [4.78, 5) is 33.4. The first-order valence-electron chi connectivity index (χ1n) is 13.3. The van der Waals surface area contributed by atoms with Crippen LogP contribution in [0.15, 0.2) is 72.9 Å². The molecule has 1 heterocycles. The van der Waals surface area contributed by atoms with E-state index in [0.29, 0.717) is 36.0 Å². The average Bonchev–Trinajstić information content (AvgIpc) is 3.39. The van der Waals surface area contributed by atoms with E-state index in [4.69, 9.17) is 27.9 Å². The summed E-state index contributed by atoms with van der Waals surface area (Å²) in [6.45, 7) is 0.833. The lowest BCUT2D eigenvalue weighted by atomic mass is 10.1. The van der Waals surface area contributed by atoms with Crippen molar-refractivity contribution < 1.29 is 27.5 Å². The number of hydrogen-bond acceptors (Lipinski definition) is 3. The fourth-order valence-electron chi connectivity index (χ4n) is 4.64. The van der Waals surface area contributed by atoms with Gasteiger partial charge in [0, 0.05) is 56.0 Å². The van der Waals surface area contributed by atoms with Crippen LogP contribution in [-0.4, -0.2) is 59.9 Å². The maximum Gasteiger partial charge on any atom is 0.416 e. The SMILES string of the molecule is COCCCN(CC(=O)N(CCc1c[nH]c2ccccc12)Cc1ccc(Cl)c(Cl)c1)C(=O)c1ccc(C(F)(F)F)cc1. The van der Waals surface area contributed by atoms with E-state index in [-0.39, 0.29) is 31.1 Å². The minimum Gasteiger partial charge on any atom is -0.385 e. The third kappa shape index (κ3) is 8.06. The Hall–Kier alpha value is -3.53. The number of para-hydroxylation sites is 1. The number of nitrogens with zero attached hydrogens (tertiary/aromatic N) is 2. The standard InChI is InChI=1S/C31H30Cl2F3N3O3/c1-42-16-4-14-39(30(41)22-8-10-24(11-9-22)31(34,35)36)20-29(40)38(19-21-7-12-26(32)27(33)17-21)15-13-23-18-37-28-6-3-2-5-25(23)28/h2-3,5-12,17-18,37H,4,13-16,19-20H2,1H3. The highest BCUT2D eigenvalue weighted by atomic mass is 35.5. The molecule has 0 saturated carbocycles. The van der Waals surface area contributed by atoms with Crippen LogP contribution in [0.25, 0.3) is 10.9 Å². The number of alkyl halides is 3. The predicted octanol–water partition coefficient (Wildman–Crippen LogP) is 7.24. The Bertz CT molecular complexity index is 1520. The van der Waals surface area contributed by atoms with Crippen LogP contribution in [0, 0.1) is 0 Å². The lowest BCUT2D eigenvalue weighted by molar-refractivity contribution is -0.137. The molecule has 4 rings (SSSR count). The minimum atomic E-state index is -4.52. The van der Waals surface area contributed by atoms with Gasteiger partial charge < -0.3 is 19.5 Å². The molecule has 0 saturated heterocycles. The van der Waals surface area contributed by atoms with Crippen molar-refractivity contribution in [3.8, 4) is 0 Å². The van der Waals surface area contributed by atoms with E-state index in [1.54, 1.807) is 23.1 Å². The molecule has 0 aliphatic rings. The third-order valence-electron chi connectivity index (χ3n) is 6.89. The number of halogens is 5. The largest absolute Gasteiger partial charge is 0.416 e. The van der Waals surface area contributed by atoms with Crippen LogP contribution in [0.2, 0.25) is 10.0 Å². The van der Waals surface area contributed by atoms with Gasteiger partial charge in [0.25, 0.3) is 5.91 Å². The topological polar surface area (TPSA) is 65.6 Å². The van der Waals surface area contributed by atoms with Crippen molar-refractivity contribution in [1.82, 2.24) is 14.8 Å². The highest BCUT2D eigenvalue weighted by Crippen LogP contribution is 2.29. The van der Waals surface area contributed by atoms with Gasteiger partial charge >= 0.3 is 6.18 Å². The number of carbonyl (C=O) groups is 2. The Labute approximate surface area is 252 Å². The Morgan fingerprint density at radius 1 is 0.929 bits per heavy atom. The lowest BCUT2D eigenvalue weighted by Gasteiger charge is -2.28. The molecule has 0 aliphatic carbocycles. The van der Waals surface area contributed by atoms with E-state index < -0.39 is 17.6 Å². The number of ether oxygens (including phenoxy) is 1. The zero-order valence-electron chi connectivity index (χ0n) is 22.9. The summed E-state index contributed by atoms with van der Waals surface area (Å²) in [7, 11) is 1.52. The third-order valence-corrected chi connectivity index (χ3v) is 7.62. The van der Waals surface area contributed by atoms with E-state index in [0.717, 1.165) is 46.3 Å². The lowest BCUT2D eigenvalue weighted by Crippen LogP contribution is -2.44. The van der Waals surface area contributed by atoms with Gasteiger partial charge in [-0.05, 0) is 66.4 Å². The number of carbonyl (C=O) groups excluding carboxylic acids is 2. The number of aromatic amines is 1. The zero-order valence-corrected chi connectivity index (χ0v) is 24.4. The number of benzene rings is 3. The van der Waals surface area contributed by atoms with Gasteiger partial charge in [0.15, 0.2) is 0 Å². The number of methoxy groups -OCH3 is 1. The molecule has 0 radical (unpaired) electrons. The minimum absolute atomic E-state index is 0.0584. The first-order valence-corrected chi connectivity index (χ1v) is 14.0. The molecule has 2 amide bonds. The van der Waals surface area contributed by atoms with Gasteiger partial charge in [-0.1, -0.05) is 47.5 Å². The van der Waals surface area contributed by atoms with Crippen LogP contribution in [0.3, 0.4) is 0 Å². The molecule has 0 unspecified atom stereocenters. The predicted molar refractivity (Wildman–Crippen MR) is 158 cm³/mol. The molecule has 0 bridgehead atoms. The van der Waals surface area contributed by atoms with Crippen LogP contribution < -0.4 is 0 Å². The quantitative estimate of drug-likeness (QED) is 0.170. The summed E-state index contributed by atoms with van der Waals surface area (Å²) in [5.74, 6) is -0.863. The molecule has 4 aromatic rings. The highest BCUT2D eigenvalue weighted by molar-refractivity contribution is 6.42. The molecule has 1 N–H and O–H groups in total. The molecule has 42 heavy (non-hydrogen) atoms. The van der Waals surface area contributed by atoms with E-state index in [2.05, 4.69) is 4.98 Å². The van der Waals surface area contributed by atoms with Crippen LogP contribution in [-0.2, 0) is 28.7 Å². The zero-order chi connectivity index (χ0) is 30.3. The highest BCUT2D eigenvalue weighted by Gasteiger charge is 2.31. The molecular weight excluding hydrogens is 590 g/mol. The van der Waals surface area contributed by atoms with Crippen molar-refractivity contribution in [2.75, 3.05) is 33.4 Å². The normalized spacial score (nSPS) is 11.6. The second-order valence-corrected chi connectivity index (χ2v) is 10.6. The maximum absolute atomic E-state index is 13.8. The first-order chi connectivity index (χ1) is 20.1. The summed E-state index contributed by atoms with van der Waals surface area (Å²) >= 11 is 12.3. The molecule has 6 nitrogen and oxygen atoms in total. The average molecular weight is 620 g/mol. The molecule has 0 atom stereocenters. The Balaban J connectivity index is 1.56. The fourth-order valence-corrected chi connectivity index (χ4v) is 4.96. The van der Waals surface area contributed by atoms with E-state index >= 15 is 0 Å². The number of aromatic nitrogens is 1. The number of amides is 2. The number of rotatable bonds is 12. The van der Waals surface area contributed by atoms with Crippen LogP contribution in [0.4, 0.5) is 13.2 Å². The van der Waals surface area contributed by atoms with Gasteiger partial charge in [-0.15, -0.1) is 0 Å². The molecule has 0 aliphatic heterocycles. The molecule has 0 spiro atoms. The van der Waals surface area contributed by atoms with Crippen molar-refractivity contribution in [2.24, 2.45) is 0 Å². The molecule has 222 valence electrons. The van der Waals surface area contributed by atoms with E-state index in [1.807, 2.05) is 30.5 Å².